The van der Waals surface area contributed by atoms with Crippen molar-refractivity contribution in [2.24, 2.45) is 0 Å². The highest BCUT2D eigenvalue weighted by atomic mass is 16.5. The van der Waals surface area contributed by atoms with E-state index in [0.29, 0.717) is 17.9 Å². The number of pyridine rings is 1. The van der Waals surface area contributed by atoms with Gasteiger partial charge in [0.15, 0.2) is 0 Å². The van der Waals surface area contributed by atoms with E-state index in [2.05, 4.69) is 4.98 Å². The van der Waals surface area contributed by atoms with E-state index in [-0.39, 0.29) is 5.78 Å². The Balaban J connectivity index is 0.000000791. The summed E-state index contributed by atoms with van der Waals surface area (Å²) in [5.41, 5.74) is 0.701. The second kappa shape index (κ2) is 6.77. The number of hydrogen-bond donors (Lipinski definition) is 0. The van der Waals surface area contributed by atoms with Crippen molar-refractivity contribution in [2.75, 3.05) is 7.11 Å². The molecule has 0 aliphatic heterocycles. The minimum absolute atomic E-state index is 0.0898. The number of ether oxygens (including phenoxy) is 1. The van der Waals surface area contributed by atoms with Crippen molar-refractivity contribution < 1.29 is 14.3 Å². The highest BCUT2D eigenvalue weighted by Gasteiger charge is 2.04. The highest BCUT2D eigenvalue weighted by molar-refractivity contribution is 5.78. The van der Waals surface area contributed by atoms with Crippen LogP contribution >= 0.6 is 0 Å². The monoisotopic (exact) mass is 195 g/mol. The number of methoxy groups -OCH3 is 1. The Morgan fingerprint density at radius 3 is 2.71 bits per heavy atom. The molecule has 0 N–H and O–H groups in total. The predicted molar refractivity (Wildman–Crippen MR) is 52.3 cm³/mol. The van der Waals surface area contributed by atoms with Crippen molar-refractivity contribution in [2.45, 2.75) is 13.3 Å². The number of aromatic nitrogens is 1. The molecule has 1 rings (SSSR count). The minimum Gasteiger partial charge on any atom is -0.495 e. The van der Waals surface area contributed by atoms with Gasteiger partial charge in [0.2, 0.25) is 0 Å². The van der Waals surface area contributed by atoms with Gasteiger partial charge in [-0.15, -0.1) is 0 Å². The van der Waals surface area contributed by atoms with Crippen LogP contribution in [0, 0.1) is 0 Å². The first kappa shape index (κ1) is 12.3. The maximum atomic E-state index is 10.8. The van der Waals surface area contributed by atoms with Gasteiger partial charge >= 0.3 is 0 Å². The SMILES string of the molecule is C=O.COc1cccnc1CC(C)=O. The van der Waals surface area contributed by atoms with E-state index in [1.54, 1.807) is 25.4 Å². The van der Waals surface area contributed by atoms with E-state index in [0.717, 1.165) is 0 Å². The Morgan fingerprint density at radius 2 is 2.21 bits per heavy atom. The summed E-state index contributed by atoms with van der Waals surface area (Å²) >= 11 is 0. The Bertz CT molecular complexity index is 299. The largest absolute Gasteiger partial charge is 0.495 e. The average Bonchev–Trinajstić information content (AvgIpc) is 2.21. The Morgan fingerprint density at radius 1 is 1.57 bits per heavy atom. The van der Waals surface area contributed by atoms with Gasteiger partial charge in [-0.25, -0.2) is 0 Å². The van der Waals surface area contributed by atoms with Gasteiger partial charge in [0, 0.05) is 6.20 Å². The van der Waals surface area contributed by atoms with Crippen LogP contribution < -0.4 is 4.74 Å². The number of nitrogens with zero attached hydrogens (tertiary/aromatic N) is 1. The molecule has 1 aromatic rings. The van der Waals surface area contributed by atoms with Crippen LogP contribution in [0.3, 0.4) is 0 Å². The summed E-state index contributed by atoms with van der Waals surface area (Å²) in [6, 6.07) is 3.58. The molecule has 0 saturated carbocycles. The fourth-order valence-corrected chi connectivity index (χ4v) is 0.978. The summed E-state index contributed by atoms with van der Waals surface area (Å²) in [5, 5.41) is 0. The number of Topliss-reactive ketones (excluding diaryl/α,β-unsaturated/α-hetero) is 1. The summed E-state index contributed by atoms with van der Waals surface area (Å²) in [4.78, 5) is 22.8. The second-order valence-corrected chi connectivity index (χ2v) is 2.53. The standard InChI is InChI=1S/C9H11NO2.CH2O/c1-7(11)6-8-9(12-2)4-3-5-10-8;1-2/h3-5H,6H2,1-2H3;1H2. The van der Waals surface area contributed by atoms with Crippen LogP contribution in [0.2, 0.25) is 0 Å². The average molecular weight is 195 g/mol. The van der Waals surface area contributed by atoms with Gasteiger partial charge in [-0.3, -0.25) is 9.78 Å². The summed E-state index contributed by atoms with van der Waals surface area (Å²) in [6.07, 6.45) is 1.99. The van der Waals surface area contributed by atoms with E-state index in [9.17, 15) is 4.79 Å². The molecule has 0 amide bonds. The number of carbonyl (C=O) groups excluding carboxylic acids is 2. The zero-order chi connectivity index (χ0) is 11.0. The van der Waals surface area contributed by atoms with Crippen LogP contribution in [0.25, 0.3) is 0 Å². The summed E-state index contributed by atoms with van der Waals surface area (Å²) in [5.74, 6) is 0.764. The van der Waals surface area contributed by atoms with Crippen molar-refractivity contribution in [3.8, 4) is 5.75 Å². The van der Waals surface area contributed by atoms with Gasteiger partial charge < -0.3 is 9.53 Å². The third-order valence-corrected chi connectivity index (χ3v) is 1.48. The van der Waals surface area contributed by atoms with Crippen molar-refractivity contribution >= 4 is 12.6 Å². The molecule has 1 aromatic heterocycles. The lowest BCUT2D eigenvalue weighted by Crippen LogP contribution is -2.01. The van der Waals surface area contributed by atoms with Crippen molar-refractivity contribution in [1.82, 2.24) is 4.98 Å². The van der Waals surface area contributed by atoms with E-state index in [1.165, 1.54) is 6.92 Å². The van der Waals surface area contributed by atoms with Crippen LogP contribution in [0.1, 0.15) is 12.6 Å². The van der Waals surface area contributed by atoms with Crippen LogP contribution in [0.15, 0.2) is 18.3 Å². The lowest BCUT2D eigenvalue weighted by atomic mass is 10.2. The summed E-state index contributed by atoms with van der Waals surface area (Å²) in [7, 11) is 1.57. The van der Waals surface area contributed by atoms with E-state index in [1.807, 2.05) is 6.79 Å². The summed E-state index contributed by atoms with van der Waals surface area (Å²) < 4.78 is 5.03. The van der Waals surface area contributed by atoms with Gasteiger partial charge in [0.1, 0.15) is 18.3 Å². The molecule has 0 bridgehead atoms. The number of hydrogen-bond acceptors (Lipinski definition) is 4. The molecule has 0 spiro atoms. The molecule has 0 aromatic carbocycles. The van der Waals surface area contributed by atoms with E-state index >= 15 is 0 Å². The first-order valence-electron chi connectivity index (χ1n) is 4.00. The lowest BCUT2D eigenvalue weighted by molar-refractivity contribution is -0.116. The number of carbonyl (C=O) groups is 2. The van der Waals surface area contributed by atoms with Crippen LogP contribution in [0.5, 0.6) is 5.75 Å². The molecule has 76 valence electrons. The predicted octanol–water partition coefficient (Wildman–Crippen LogP) is 1.04. The van der Waals surface area contributed by atoms with Crippen molar-refractivity contribution in [3.63, 3.8) is 0 Å². The molecule has 14 heavy (non-hydrogen) atoms. The molecule has 0 unspecified atom stereocenters. The normalized spacial score (nSPS) is 8.43. The smallest absolute Gasteiger partial charge is 0.140 e. The Labute approximate surface area is 82.9 Å². The first-order chi connectivity index (χ1) is 6.74. The zero-order valence-electron chi connectivity index (χ0n) is 8.32. The number of rotatable bonds is 3. The Kier molecular flexibility index (Phi) is 5.94. The second-order valence-electron chi connectivity index (χ2n) is 2.53. The molecule has 0 saturated heterocycles. The first-order valence-corrected chi connectivity index (χ1v) is 4.00. The highest BCUT2D eigenvalue weighted by Crippen LogP contribution is 2.14. The van der Waals surface area contributed by atoms with Gasteiger partial charge in [-0.05, 0) is 19.1 Å². The minimum atomic E-state index is 0.0898. The van der Waals surface area contributed by atoms with Crippen molar-refractivity contribution in [3.05, 3.63) is 24.0 Å². The fraction of sp³-hybridized carbons (Fsp3) is 0.300. The molecule has 4 heteroatoms. The maximum Gasteiger partial charge on any atom is 0.140 e. The van der Waals surface area contributed by atoms with E-state index < -0.39 is 0 Å². The van der Waals surface area contributed by atoms with Crippen LogP contribution in [-0.2, 0) is 16.0 Å². The molecule has 1 heterocycles. The van der Waals surface area contributed by atoms with Crippen LogP contribution in [-0.4, -0.2) is 24.7 Å². The third-order valence-electron chi connectivity index (χ3n) is 1.48. The molecule has 0 radical (unpaired) electrons. The summed E-state index contributed by atoms with van der Waals surface area (Å²) in [6.45, 7) is 3.54. The molecular weight excluding hydrogens is 182 g/mol. The third kappa shape index (κ3) is 3.80. The van der Waals surface area contributed by atoms with Gasteiger partial charge in [-0.2, -0.15) is 0 Å². The zero-order valence-corrected chi connectivity index (χ0v) is 8.32. The van der Waals surface area contributed by atoms with Gasteiger partial charge in [-0.1, -0.05) is 0 Å². The molecule has 0 fully saturated rings. The number of ketones is 1. The topological polar surface area (TPSA) is 56.3 Å². The molecule has 4 nitrogen and oxygen atoms in total. The van der Waals surface area contributed by atoms with Gasteiger partial charge in [0.25, 0.3) is 0 Å². The molecule has 0 aliphatic rings. The van der Waals surface area contributed by atoms with Crippen LogP contribution in [0.4, 0.5) is 0 Å². The fourth-order valence-electron chi connectivity index (χ4n) is 0.978. The molecular formula is C10H13NO3. The quantitative estimate of drug-likeness (QED) is 0.723. The molecule has 0 atom stereocenters. The van der Waals surface area contributed by atoms with Gasteiger partial charge in [0.05, 0.1) is 19.2 Å². The van der Waals surface area contributed by atoms with E-state index in [4.69, 9.17) is 9.53 Å². The van der Waals surface area contributed by atoms with Crippen molar-refractivity contribution in [1.29, 1.82) is 0 Å². The lowest BCUT2D eigenvalue weighted by Gasteiger charge is -2.03. The molecule has 0 aliphatic carbocycles. The Hall–Kier alpha value is -1.71. The maximum absolute atomic E-state index is 10.8.